The van der Waals surface area contributed by atoms with Crippen molar-refractivity contribution >= 4 is 11.6 Å². The number of carbonyl (C=O) groups is 2. The number of hydrogen-bond donors (Lipinski definition) is 0. The number of hydrogen-bond acceptors (Lipinski definition) is 2. The maximum absolute atomic E-state index is 11.2. The minimum atomic E-state index is -0.202. The first-order valence-corrected chi connectivity index (χ1v) is 4.93. The molecule has 0 unspecified atom stereocenters. The van der Waals surface area contributed by atoms with Gasteiger partial charge in [-0.3, -0.25) is 9.59 Å². The van der Waals surface area contributed by atoms with E-state index in [-0.39, 0.29) is 17.0 Å². The molecule has 2 heteroatoms. The molecular weight excluding hydrogens is 164 g/mol. The molecule has 0 fully saturated rings. The highest BCUT2D eigenvalue weighted by Gasteiger charge is 2.17. The first-order valence-electron chi connectivity index (χ1n) is 4.93. The Morgan fingerprint density at radius 1 is 1.00 bits per heavy atom. The van der Waals surface area contributed by atoms with Gasteiger partial charge in [0.25, 0.3) is 0 Å². The molecule has 0 N–H and O–H groups in total. The Morgan fingerprint density at radius 3 is 1.85 bits per heavy atom. The first-order chi connectivity index (χ1) is 5.87. The quantitative estimate of drug-likeness (QED) is 0.616. The average molecular weight is 184 g/mol. The molecule has 0 aliphatic carbocycles. The van der Waals surface area contributed by atoms with E-state index in [1.54, 1.807) is 0 Å². The Kier molecular flexibility index (Phi) is 4.89. The van der Waals surface area contributed by atoms with Crippen LogP contribution >= 0.6 is 0 Å². The number of carbonyl (C=O) groups excluding carboxylic acids is 2. The SMILES string of the molecule is CCCC(=O)C(=O)CCC(C)(C)C. The zero-order chi connectivity index (χ0) is 10.5. The lowest BCUT2D eigenvalue weighted by molar-refractivity contribution is -0.136. The average Bonchev–Trinajstić information content (AvgIpc) is 1.99. The molecule has 0 bridgehead atoms. The summed E-state index contributed by atoms with van der Waals surface area (Å²) in [6.45, 7) is 8.13. The molecule has 0 aromatic rings. The largest absolute Gasteiger partial charge is 0.291 e. The van der Waals surface area contributed by atoms with E-state index >= 15 is 0 Å². The normalized spacial score (nSPS) is 11.4. The summed E-state index contributed by atoms with van der Waals surface area (Å²) in [6.07, 6.45) is 2.37. The fourth-order valence-corrected chi connectivity index (χ4v) is 0.994. The zero-order valence-electron chi connectivity index (χ0n) is 9.14. The highest BCUT2D eigenvalue weighted by molar-refractivity contribution is 6.37. The summed E-state index contributed by atoms with van der Waals surface area (Å²) in [5, 5.41) is 0. The molecule has 76 valence electrons. The monoisotopic (exact) mass is 184 g/mol. The van der Waals surface area contributed by atoms with Gasteiger partial charge < -0.3 is 0 Å². The van der Waals surface area contributed by atoms with E-state index in [2.05, 4.69) is 20.8 Å². The zero-order valence-corrected chi connectivity index (χ0v) is 9.14. The Labute approximate surface area is 80.7 Å². The second-order valence-corrected chi connectivity index (χ2v) is 4.66. The molecule has 0 spiro atoms. The van der Waals surface area contributed by atoms with Crippen molar-refractivity contribution < 1.29 is 9.59 Å². The molecule has 0 amide bonds. The molecule has 2 nitrogen and oxygen atoms in total. The Bertz CT molecular complexity index is 187. The molecule has 0 aliphatic heterocycles. The van der Waals surface area contributed by atoms with Crippen LogP contribution in [-0.4, -0.2) is 11.6 Å². The smallest absolute Gasteiger partial charge is 0.198 e. The van der Waals surface area contributed by atoms with Crippen molar-refractivity contribution in [3.8, 4) is 0 Å². The first kappa shape index (κ1) is 12.3. The minimum absolute atomic E-state index is 0.141. The van der Waals surface area contributed by atoms with Crippen LogP contribution in [-0.2, 0) is 9.59 Å². The molecule has 0 saturated carbocycles. The van der Waals surface area contributed by atoms with E-state index in [0.717, 1.165) is 12.8 Å². The Hall–Kier alpha value is -0.660. The molecule has 0 atom stereocenters. The third-order valence-corrected chi connectivity index (χ3v) is 1.89. The van der Waals surface area contributed by atoms with Crippen LogP contribution in [0.15, 0.2) is 0 Å². The van der Waals surface area contributed by atoms with Crippen molar-refractivity contribution in [1.29, 1.82) is 0 Å². The third kappa shape index (κ3) is 6.50. The lowest BCUT2D eigenvalue weighted by atomic mass is 9.89. The van der Waals surface area contributed by atoms with Gasteiger partial charge in [-0.1, -0.05) is 27.7 Å². The van der Waals surface area contributed by atoms with Gasteiger partial charge in [0.2, 0.25) is 0 Å². The maximum Gasteiger partial charge on any atom is 0.198 e. The van der Waals surface area contributed by atoms with Crippen molar-refractivity contribution in [1.82, 2.24) is 0 Å². The van der Waals surface area contributed by atoms with Gasteiger partial charge in [-0.25, -0.2) is 0 Å². The predicted molar refractivity (Wildman–Crippen MR) is 53.6 cm³/mol. The Balaban J connectivity index is 3.82. The Morgan fingerprint density at radius 2 is 1.46 bits per heavy atom. The van der Waals surface area contributed by atoms with Crippen LogP contribution in [0, 0.1) is 5.41 Å². The van der Waals surface area contributed by atoms with E-state index in [9.17, 15) is 9.59 Å². The topological polar surface area (TPSA) is 34.1 Å². The van der Waals surface area contributed by atoms with Crippen molar-refractivity contribution in [3.63, 3.8) is 0 Å². The van der Waals surface area contributed by atoms with Gasteiger partial charge in [0.15, 0.2) is 11.6 Å². The second-order valence-electron chi connectivity index (χ2n) is 4.66. The van der Waals surface area contributed by atoms with Crippen LogP contribution in [0.3, 0.4) is 0 Å². The molecule has 0 heterocycles. The summed E-state index contributed by atoms with van der Waals surface area (Å²) in [5.41, 5.74) is 0.141. The summed E-state index contributed by atoms with van der Waals surface area (Å²) in [7, 11) is 0. The van der Waals surface area contributed by atoms with Crippen LogP contribution in [0.25, 0.3) is 0 Å². The molecule has 0 aliphatic rings. The van der Waals surface area contributed by atoms with Crippen LogP contribution in [0.4, 0.5) is 0 Å². The lowest BCUT2D eigenvalue weighted by Gasteiger charge is -2.16. The van der Waals surface area contributed by atoms with Crippen LogP contribution in [0.1, 0.15) is 53.4 Å². The van der Waals surface area contributed by atoms with Gasteiger partial charge in [-0.2, -0.15) is 0 Å². The van der Waals surface area contributed by atoms with E-state index in [1.807, 2.05) is 6.92 Å². The number of rotatable bonds is 5. The third-order valence-electron chi connectivity index (χ3n) is 1.89. The predicted octanol–water partition coefficient (Wildman–Crippen LogP) is 2.75. The number of Topliss-reactive ketones (excluding diaryl/α,β-unsaturated/α-hetero) is 2. The minimum Gasteiger partial charge on any atom is -0.291 e. The van der Waals surface area contributed by atoms with Gasteiger partial charge in [-0.15, -0.1) is 0 Å². The maximum atomic E-state index is 11.2. The fraction of sp³-hybridized carbons (Fsp3) is 0.818. The van der Waals surface area contributed by atoms with Crippen molar-refractivity contribution in [3.05, 3.63) is 0 Å². The molecule has 0 aromatic carbocycles. The fourth-order valence-electron chi connectivity index (χ4n) is 0.994. The summed E-state index contributed by atoms with van der Waals surface area (Å²) in [4.78, 5) is 22.3. The molecule has 0 saturated heterocycles. The molecule has 13 heavy (non-hydrogen) atoms. The lowest BCUT2D eigenvalue weighted by Crippen LogP contribution is -2.16. The van der Waals surface area contributed by atoms with E-state index in [4.69, 9.17) is 0 Å². The van der Waals surface area contributed by atoms with Gasteiger partial charge in [0.1, 0.15) is 0 Å². The van der Waals surface area contributed by atoms with Crippen LogP contribution in [0.5, 0.6) is 0 Å². The van der Waals surface area contributed by atoms with Gasteiger partial charge >= 0.3 is 0 Å². The highest BCUT2D eigenvalue weighted by atomic mass is 16.2. The van der Waals surface area contributed by atoms with Crippen LogP contribution < -0.4 is 0 Å². The molecular formula is C11H20O2. The highest BCUT2D eigenvalue weighted by Crippen LogP contribution is 2.20. The van der Waals surface area contributed by atoms with Gasteiger partial charge in [0.05, 0.1) is 0 Å². The standard InChI is InChI=1S/C11H20O2/c1-5-6-9(12)10(13)7-8-11(2,3)4/h5-8H2,1-4H3. The summed E-state index contributed by atoms with van der Waals surface area (Å²) in [6, 6.07) is 0. The summed E-state index contributed by atoms with van der Waals surface area (Å²) in [5.74, 6) is -0.400. The van der Waals surface area contributed by atoms with Gasteiger partial charge in [0, 0.05) is 12.8 Å². The van der Waals surface area contributed by atoms with Gasteiger partial charge in [-0.05, 0) is 18.3 Å². The van der Waals surface area contributed by atoms with Crippen LogP contribution in [0.2, 0.25) is 0 Å². The molecule has 0 aromatic heterocycles. The molecule has 0 radical (unpaired) electrons. The van der Waals surface area contributed by atoms with E-state index in [1.165, 1.54) is 0 Å². The van der Waals surface area contributed by atoms with Crippen molar-refractivity contribution in [2.75, 3.05) is 0 Å². The van der Waals surface area contributed by atoms with E-state index in [0.29, 0.717) is 12.8 Å². The summed E-state index contributed by atoms with van der Waals surface area (Å²) < 4.78 is 0. The van der Waals surface area contributed by atoms with Crippen molar-refractivity contribution in [2.45, 2.75) is 53.4 Å². The second kappa shape index (κ2) is 5.15. The summed E-state index contributed by atoms with van der Waals surface area (Å²) >= 11 is 0. The van der Waals surface area contributed by atoms with Crippen molar-refractivity contribution in [2.24, 2.45) is 5.41 Å². The number of ketones is 2. The van der Waals surface area contributed by atoms with E-state index < -0.39 is 0 Å². The molecule has 0 rings (SSSR count).